The molecule has 0 unspecified atom stereocenters. The molecule has 0 amide bonds. The van der Waals surface area contributed by atoms with Gasteiger partial charge in [0.1, 0.15) is 18.2 Å². The number of aromatic nitrogens is 2. The van der Waals surface area contributed by atoms with E-state index in [0.29, 0.717) is 18.4 Å². The van der Waals surface area contributed by atoms with Gasteiger partial charge in [0.15, 0.2) is 0 Å². The van der Waals surface area contributed by atoms with Crippen molar-refractivity contribution in [2.24, 2.45) is 0 Å². The average molecular weight is 377 g/mol. The van der Waals surface area contributed by atoms with Crippen LogP contribution in [0.15, 0.2) is 42.5 Å². The van der Waals surface area contributed by atoms with E-state index in [9.17, 15) is 0 Å². The second-order valence-electron chi connectivity index (χ2n) is 8.49. The summed E-state index contributed by atoms with van der Waals surface area (Å²) in [5.41, 5.74) is 4.88. The lowest BCUT2D eigenvalue weighted by atomic mass is 9.88. The van der Waals surface area contributed by atoms with Gasteiger partial charge in [-0.25, -0.2) is 4.98 Å². The molecule has 0 spiro atoms. The first kappa shape index (κ1) is 19.0. The van der Waals surface area contributed by atoms with Crippen molar-refractivity contribution in [1.82, 2.24) is 9.55 Å². The maximum atomic E-state index is 6.30. The molecule has 0 N–H and O–H groups in total. The largest absolute Gasteiger partial charge is 0.491 e. The number of nitrogens with zero attached hydrogens (tertiary/aromatic N) is 2. The van der Waals surface area contributed by atoms with Gasteiger partial charge in [-0.05, 0) is 55.0 Å². The molecule has 3 aromatic rings. The molecule has 0 radical (unpaired) electrons. The number of benzene rings is 2. The van der Waals surface area contributed by atoms with E-state index in [2.05, 4.69) is 67.8 Å². The molecule has 1 heterocycles. The Morgan fingerprint density at radius 2 is 1.86 bits per heavy atom. The van der Waals surface area contributed by atoms with Crippen LogP contribution in [0.1, 0.15) is 74.7 Å². The molecule has 4 rings (SSSR count). The summed E-state index contributed by atoms with van der Waals surface area (Å²) in [6.07, 6.45) is 6.54. The van der Waals surface area contributed by atoms with Crippen LogP contribution >= 0.6 is 0 Å². The number of rotatable bonds is 6. The van der Waals surface area contributed by atoms with E-state index in [1.165, 1.54) is 54.6 Å². The smallest absolute Gasteiger partial charge is 0.123 e. The molecule has 0 saturated heterocycles. The van der Waals surface area contributed by atoms with Crippen LogP contribution in [-0.2, 0) is 6.54 Å². The molecule has 0 atom stereocenters. The topological polar surface area (TPSA) is 27.1 Å². The molecular formula is C25H32N2O. The molecule has 1 aliphatic rings. The van der Waals surface area contributed by atoms with Gasteiger partial charge in [0, 0.05) is 5.92 Å². The van der Waals surface area contributed by atoms with Gasteiger partial charge in [-0.1, -0.05) is 57.4 Å². The van der Waals surface area contributed by atoms with Crippen LogP contribution in [0.5, 0.6) is 5.75 Å². The van der Waals surface area contributed by atoms with Crippen molar-refractivity contribution in [2.45, 2.75) is 71.3 Å². The number of hydrogen-bond acceptors (Lipinski definition) is 2. The summed E-state index contributed by atoms with van der Waals surface area (Å²) in [5.74, 6) is 3.34. The summed E-state index contributed by atoms with van der Waals surface area (Å²) in [7, 11) is 0. The second-order valence-corrected chi connectivity index (χ2v) is 8.49. The maximum absolute atomic E-state index is 6.30. The Labute approximate surface area is 168 Å². The molecule has 3 nitrogen and oxygen atoms in total. The summed E-state index contributed by atoms with van der Waals surface area (Å²) < 4.78 is 8.71. The fourth-order valence-corrected chi connectivity index (χ4v) is 4.49. The van der Waals surface area contributed by atoms with Gasteiger partial charge in [-0.15, -0.1) is 0 Å². The third kappa shape index (κ3) is 3.94. The Balaban J connectivity index is 1.57. The van der Waals surface area contributed by atoms with Crippen LogP contribution in [0, 0.1) is 6.92 Å². The highest BCUT2D eigenvalue weighted by Crippen LogP contribution is 2.34. The van der Waals surface area contributed by atoms with Crippen molar-refractivity contribution in [1.29, 1.82) is 0 Å². The number of aryl methyl sites for hydroxylation is 1. The standard InChI is InChI=1S/C25H32N2O/c1-18(2)21-14-13-19(3)17-24(21)28-16-15-27-23-12-8-7-11-22(23)26-25(27)20-9-5-4-6-10-20/h7-8,11-14,17-18,20H,4-6,9-10,15-16H2,1-3H3. The SMILES string of the molecule is Cc1ccc(C(C)C)c(OCCn2c(C3CCCCC3)nc3ccccc32)c1. The average Bonchev–Trinajstić information content (AvgIpc) is 3.07. The van der Waals surface area contributed by atoms with E-state index < -0.39 is 0 Å². The zero-order valence-corrected chi connectivity index (χ0v) is 17.4. The predicted molar refractivity (Wildman–Crippen MR) is 116 cm³/mol. The van der Waals surface area contributed by atoms with Gasteiger partial charge in [-0.2, -0.15) is 0 Å². The zero-order valence-electron chi connectivity index (χ0n) is 17.4. The van der Waals surface area contributed by atoms with E-state index in [-0.39, 0.29) is 0 Å². The fraction of sp³-hybridized carbons (Fsp3) is 0.480. The highest BCUT2D eigenvalue weighted by Gasteiger charge is 2.22. The minimum absolute atomic E-state index is 0.461. The molecule has 0 aliphatic heterocycles. The summed E-state index contributed by atoms with van der Waals surface area (Å²) in [4.78, 5) is 5.03. The summed E-state index contributed by atoms with van der Waals surface area (Å²) in [6.45, 7) is 8.09. The number of ether oxygens (including phenoxy) is 1. The van der Waals surface area contributed by atoms with E-state index in [1.54, 1.807) is 0 Å². The van der Waals surface area contributed by atoms with E-state index in [4.69, 9.17) is 9.72 Å². The lowest BCUT2D eigenvalue weighted by Crippen LogP contribution is -2.16. The molecule has 28 heavy (non-hydrogen) atoms. The summed E-state index contributed by atoms with van der Waals surface area (Å²) >= 11 is 0. The molecule has 1 aliphatic carbocycles. The minimum Gasteiger partial charge on any atom is -0.491 e. The lowest BCUT2D eigenvalue weighted by molar-refractivity contribution is 0.291. The van der Waals surface area contributed by atoms with Crippen molar-refractivity contribution in [3.05, 3.63) is 59.4 Å². The molecule has 1 aromatic heterocycles. The van der Waals surface area contributed by atoms with Crippen LogP contribution in [0.2, 0.25) is 0 Å². The third-order valence-corrected chi connectivity index (χ3v) is 6.02. The lowest BCUT2D eigenvalue weighted by Gasteiger charge is -2.22. The van der Waals surface area contributed by atoms with Crippen molar-refractivity contribution in [3.8, 4) is 5.75 Å². The molecule has 1 saturated carbocycles. The van der Waals surface area contributed by atoms with E-state index in [0.717, 1.165) is 17.8 Å². The Kier molecular flexibility index (Phi) is 5.70. The normalized spacial score (nSPS) is 15.4. The monoisotopic (exact) mass is 376 g/mol. The molecule has 1 fully saturated rings. The van der Waals surface area contributed by atoms with Gasteiger partial charge in [0.25, 0.3) is 0 Å². The Morgan fingerprint density at radius 3 is 2.64 bits per heavy atom. The highest BCUT2D eigenvalue weighted by atomic mass is 16.5. The van der Waals surface area contributed by atoms with Gasteiger partial charge in [0.05, 0.1) is 17.6 Å². The fourth-order valence-electron chi connectivity index (χ4n) is 4.49. The van der Waals surface area contributed by atoms with E-state index in [1.807, 2.05) is 0 Å². The van der Waals surface area contributed by atoms with Crippen molar-refractivity contribution in [3.63, 3.8) is 0 Å². The number of para-hydroxylation sites is 2. The summed E-state index contributed by atoms with van der Waals surface area (Å²) in [6, 6.07) is 15.1. The third-order valence-electron chi connectivity index (χ3n) is 6.02. The first-order chi connectivity index (χ1) is 13.6. The highest BCUT2D eigenvalue weighted by molar-refractivity contribution is 5.76. The second kappa shape index (κ2) is 8.38. The molecule has 0 bridgehead atoms. The Morgan fingerprint density at radius 1 is 1.07 bits per heavy atom. The van der Waals surface area contributed by atoms with Crippen molar-refractivity contribution in [2.75, 3.05) is 6.61 Å². The predicted octanol–water partition coefficient (Wildman–Crippen LogP) is 6.59. The van der Waals surface area contributed by atoms with Crippen LogP contribution < -0.4 is 4.74 Å². The Bertz CT molecular complexity index is 935. The van der Waals surface area contributed by atoms with Gasteiger partial charge >= 0.3 is 0 Å². The van der Waals surface area contributed by atoms with Gasteiger partial charge in [0.2, 0.25) is 0 Å². The first-order valence-corrected chi connectivity index (χ1v) is 10.8. The number of imidazole rings is 1. The molecule has 2 aromatic carbocycles. The Hall–Kier alpha value is -2.29. The van der Waals surface area contributed by atoms with Gasteiger partial charge in [-0.3, -0.25) is 0 Å². The van der Waals surface area contributed by atoms with Crippen LogP contribution in [0.3, 0.4) is 0 Å². The number of fused-ring (bicyclic) bond motifs is 1. The van der Waals surface area contributed by atoms with Crippen LogP contribution in [-0.4, -0.2) is 16.2 Å². The molecular weight excluding hydrogens is 344 g/mol. The first-order valence-electron chi connectivity index (χ1n) is 10.8. The zero-order chi connectivity index (χ0) is 19.5. The minimum atomic E-state index is 0.461. The quantitative estimate of drug-likeness (QED) is 0.485. The summed E-state index contributed by atoms with van der Waals surface area (Å²) in [5, 5.41) is 0. The van der Waals surface area contributed by atoms with E-state index >= 15 is 0 Å². The van der Waals surface area contributed by atoms with Crippen LogP contribution in [0.25, 0.3) is 11.0 Å². The van der Waals surface area contributed by atoms with Crippen LogP contribution in [0.4, 0.5) is 0 Å². The maximum Gasteiger partial charge on any atom is 0.123 e. The molecule has 148 valence electrons. The molecule has 3 heteroatoms. The van der Waals surface area contributed by atoms with Gasteiger partial charge < -0.3 is 9.30 Å². The number of hydrogen-bond donors (Lipinski definition) is 0. The van der Waals surface area contributed by atoms with Crippen molar-refractivity contribution >= 4 is 11.0 Å². The van der Waals surface area contributed by atoms with Crippen molar-refractivity contribution < 1.29 is 4.74 Å².